The number of nitrogens with one attached hydrogen (secondary N) is 1. The van der Waals surface area contributed by atoms with Crippen LogP contribution in [0.25, 0.3) is 5.69 Å². The standard InChI is InChI=1S/C23H22N4OS2/c1-16-10-11-18(13-17(16)2)24-22(28)15-30-23-26-25-21(14-20-9-6-12-29-20)27(23)19-7-4-3-5-8-19/h3-13H,14-15H2,1-2H3,(H,24,28). The van der Waals surface area contributed by atoms with Gasteiger partial charge in [-0.25, -0.2) is 0 Å². The van der Waals surface area contributed by atoms with Gasteiger partial charge in [-0.2, -0.15) is 0 Å². The van der Waals surface area contributed by atoms with E-state index in [0.29, 0.717) is 11.6 Å². The highest BCUT2D eigenvalue weighted by Gasteiger charge is 2.16. The van der Waals surface area contributed by atoms with Crippen molar-refractivity contribution in [1.82, 2.24) is 14.8 Å². The second-order valence-corrected chi connectivity index (χ2v) is 8.94. The van der Waals surface area contributed by atoms with E-state index in [2.05, 4.69) is 33.9 Å². The highest BCUT2D eigenvalue weighted by atomic mass is 32.2. The van der Waals surface area contributed by atoms with Crippen LogP contribution in [0.1, 0.15) is 21.8 Å². The average Bonchev–Trinajstić information content (AvgIpc) is 3.40. The number of hydrogen-bond acceptors (Lipinski definition) is 5. The Morgan fingerprint density at radius 1 is 1.03 bits per heavy atom. The zero-order chi connectivity index (χ0) is 20.9. The summed E-state index contributed by atoms with van der Waals surface area (Å²) in [5.74, 6) is 1.06. The summed E-state index contributed by atoms with van der Waals surface area (Å²) in [6.45, 7) is 4.10. The van der Waals surface area contributed by atoms with E-state index < -0.39 is 0 Å². The van der Waals surface area contributed by atoms with Crippen molar-refractivity contribution in [1.29, 1.82) is 0 Å². The lowest BCUT2D eigenvalue weighted by Gasteiger charge is -2.10. The van der Waals surface area contributed by atoms with Gasteiger partial charge in [0.1, 0.15) is 5.82 Å². The summed E-state index contributed by atoms with van der Waals surface area (Å²) >= 11 is 3.09. The molecule has 2 aromatic heterocycles. The van der Waals surface area contributed by atoms with Gasteiger partial charge >= 0.3 is 0 Å². The first-order valence-electron chi connectivity index (χ1n) is 9.62. The van der Waals surface area contributed by atoms with E-state index in [-0.39, 0.29) is 11.7 Å². The molecule has 0 spiro atoms. The van der Waals surface area contributed by atoms with E-state index in [1.54, 1.807) is 11.3 Å². The molecule has 2 heterocycles. The van der Waals surface area contributed by atoms with Crippen LogP contribution in [0.2, 0.25) is 0 Å². The van der Waals surface area contributed by atoms with Gasteiger partial charge in [-0.05, 0) is 60.7 Å². The number of benzene rings is 2. The lowest BCUT2D eigenvalue weighted by atomic mass is 10.1. The summed E-state index contributed by atoms with van der Waals surface area (Å²) in [6, 6.07) is 20.1. The van der Waals surface area contributed by atoms with Crippen molar-refractivity contribution in [3.8, 4) is 5.69 Å². The fraction of sp³-hybridized carbons (Fsp3) is 0.174. The number of anilines is 1. The number of hydrogen-bond donors (Lipinski definition) is 1. The number of para-hydroxylation sites is 1. The predicted octanol–water partition coefficient (Wildman–Crippen LogP) is 5.27. The lowest BCUT2D eigenvalue weighted by molar-refractivity contribution is -0.113. The minimum absolute atomic E-state index is 0.0642. The molecule has 4 rings (SSSR count). The van der Waals surface area contributed by atoms with Gasteiger partial charge in [0, 0.05) is 22.7 Å². The van der Waals surface area contributed by atoms with Crippen molar-refractivity contribution in [3.63, 3.8) is 0 Å². The third-order valence-corrected chi connectivity index (χ3v) is 6.56. The van der Waals surface area contributed by atoms with Crippen LogP contribution in [0.4, 0.5) is 5.69 Å². The van der Waals surface area contributed by atoms with Gasteiger partial charge in [-0.3, -0.25) is 9.36 Å². The van der Waals surface area contributed by atoms with Gasteiger partial charge in [0.25, 0.3) is 0 Å². The summed E-state index contributed by atoms with van der Waals surface area (Å²) in [7, 11) is 0. The summed E-state index contributed by atoms with van der Waals surface area (Å²) < 4.78 is 2.04. The summed E-state index contributed by atoms with van der Waals surface area (Å²) in [5.41, 5.74) is 4.16. The second-order valence-electron chi connectivity index (χ2n) is 6.96. The zero-order valence-electron chi connectivity index (χ0n) is 16.8. The summed E-state index contributed by atoms with van der Waals surface area (Å²) in [4.78, 5) is 13.7. The van der Waals surface area contributed by atoms with Crippen molar-refractivity contribution in [2.75, 3.05) is 11.1 Å². The molecule has 4 aromatic rings. The van der Waals surface area contributed by atoms with E-state index in [4.69, 9.17) is 0 Å². The number of carbonyl (C=O) groups excluding carboxylic acids is 1. The third kappa shape index (κ3) is 4.80. The molecule has 7 heteroatoms. The fourth-order valence-electron chi connectivity index (χ4n) is 3.06. The van der Waals surface area contributed by atoms with Crippen molar-refractivity contribution in [2.45, 2.75) is 25.4 Å². The van der Waals surface area contributed by atoms with Crippen LogP contribution < -0.4 is 5.32 Å². The van der Waals surface area contributed by atoms with E-state index in [1.165, 1.54) is 22.2 Å². The molecule has 0 fully saturated rings. The highest BCUT2D eigenvalue weighted by Crippen LogP contribution is 2.25. The molecule has 2 aromatic carbocycles. The number of rotatable bonds is 7. The van der Waals surface area contributed by atoms with Crippen molar-refractivity contribution < 1.29 is 4.79 Å². The van der Waals surface area contributed by atoms with Crippen molar-refractivity contribution in [3.05, 3.63) is 87.9 Å². The topological polar surface area (TPSA) is 59.8 Å². The quantitative estimate of drug-likeness (QED) is 0.403. The van der Waals surface area contributed by atoms with Crippen LogP contribution in [-0.2, 0) is 11.2 Å². The maximum atomic E-state index is 12.5. The Bertz CT molecular complexity index is 1140. The number of aryl methyl sites for hydroxylation is 2. The minimum atomic E-state index is -0.0642. The largest absolute Gasteiger partial charge is 0.325 e. The maximum absolute atomic E-state index is 12.5. The van der Waals surface area contributed by atoms with Crippen molar-refractivity contribution >= 4 is 34.7 Å². The van der Waals surface area contributed by atoms with E-state index in [0.717, 1.165) is 22.8 Å². The van der Waals surface area contributed by atoms with Crippen LogP contribution in [0.15, 0.2) is 71.2 Å². The molecule has 1 N–H and O–H groups in total. The molecule has 0 aliphatic carbocycles. The summed E-state index contributed by atoms with van der Waals surface area (Å²) in [5, 5.41) is 14.5. The van der Waals surface area contributed by atoms with E-state index in [9.17, 15) is 4.79 Å². The number of nitrogens with zero attached hydrogens (tertiary/aromatic N) is 3. The monoisotopic (exact) mass is 434 g/mol. The van der Waals surface area contributed by atoms with Gasteiger partial charge in [-0.15, -0.1) is 21.5 Å². The first-order valence-corrected chi connectivity index (χ1v) is 11.5. The molecule has 5 nitrogen and oxygen atoms in total. The Labute approximate surface area is 184 Å². The van der Waals surface area contributed by atoms with Gasteiger partial charge in [0.2, 0.25) is 5.91 Å². The van der Waals surface area contributed by atoms with Gasteiger partial charge in [0.05, 0.1) is 5.75 Å². The average molecular weight is 435 g/mol. The molecular formula is C23H22N4OS2. The Hall–Kier alpha value is -2.90. The number of carbonyl (C=O) groups is 1. The molecule has 0 bridgehead atoms. The molecule has 0 unspecified atom stereocenters. The first kappa shape index (κ1) is 20.4. The number of thioether (sulfide) groups is 1. The lowest BCUT2D eigenvalue weighted by Crippen LogP contribution is -2.15. The number of amides is 1. The van der Waals surface area contributed by atoms with Crippen LogP contribution in [0, 0.1) is 13.8 Å². The third-order valence-electron chi connectivity index (χ3n) is 4.75. The van der Waals surface area contributed by atoms with Crippen LogP contribution in [-0.4, -0.2) is 26.4 Å². The molecule has 0 saturated heterocycles. The van der Waals surface area contributed by atoms with Crippen molar-refractivity contribution in [2.24, 2.45) is 0 Å². The molecule has 0 aliphatic heterocycles. The van der Waals surface area contributed by atoms with Gasteiger partial charge < -0.3 is 5.32 Å². The zero-order valence-corrected chi connectivity index (χ0v) is 18.5. The molecule has 1 amide bonds. The molecule has 30 heavy (non-hydrogen) atoms. The van der Waals surface area contributed by atoms with Gasteiger partial charge in [0.15, 0.2) is 5.16 Å². The van der Waals surface area contributed by atoms with Gasteiger partial charge in [-0.1, -0.05) is 42.1 Å². The second kappa shape index (κ2) is 9.28. The summed E-state index contributed by atoms with van der Waals surface area (Å²) in [6.07, 6.45) is 0.703. The molecule has 0 aliphatic rings. The first-order chi connectivity index (χ1) is 14.6. The fourth-order valence-corrected chi connectivity index (χ4v) is 4.53. The Morgan fingerprint density at radius 2 is 1.87 bits per heavy atom. The molecular weight excluding hydrogens is 412 g/mol. The number of thiophene rings is 1. The Balaban J connectivity index is 1.51. The Kier molecular flexibility index (Phi) is 6.30. The predicted molar refractivity (Wildman–Crippen MR) is 124 cm³/mol. The highest BCUT2D eigenvalue weighted by molar-refractivity contribution is 7.99. The van der Waals surface area contributed by atoms with E-state index >= 15 is 0 Å². The molecule has 152 valence electrons. The van der Waals surface area contributed by atoms with Crippen LogP contribution in [0.3, 0.4) is 0 Å². The maximum Gasteiger partial charge on any atom is 0.234 e. The number of aromatic nitrogens is 3. The smallest absolute Gasteiger partial charge is 0.234 e. The van der Waals surface area contributed by atoms with Crippen LogP contribution >= 0.6 is 23.1 Å². The molecule has 0 atom stereocenters. The Morgan fingerprint density at radius 3 is 2.60 bits per heavy atom. The normalized spacial score (nSPS) is 10.9. The van der Waals surface area contributed by atoms with E-state index in [1.807, 2.05) is 66.1 Å². The van der Waals surface area contributed by atoms with Crippen LogP contribution in [0.5, 0.6) is 0 Å². The SMILES string of the molecule is Cc1ccc(NC(=O)CSc2nnc(Cc3cccs3)n2-c2ccccc2)cc1C. The molecule has 0 radical (unpaired) electrons. The minimum Gasteiger partial charge on any atom is -0.325 e. The molecule has 0 saturated carbocycles.